The lowest BCUT2D eigenvalue weighted by Gasteiger charge is -2.27. The molecule has 10 heteroatoms. The molecule has 8 nitrogen and oxygen atoms in total. The van der Waals surface area contributed by atoms with Gasteiger partial charge in [0.25, 0.3) is 0 Å². The number of carbonyl (C=O) groups is 1. The fourth-order valence-electron chi connectivity index (χ4n) is 3.29. The van der Waals surface area contributed by atoms with Crippen LogP contribution in [0.5, 0.6) is 11.6 Å². The average molecular weight is 508 g/mol. The molecule has 0 radical (unpaired) electrons. The summed E-state index contributed by atoms with van der Waals surface area (Å²) in [6, 6.07) is 12.3. The van der Waals surface area contributed by atoms with Crippen LogP contribution in [0.4, 0.5) is 5.69 Å². The molecule has 162 valence electrons. The van der Waals surface area contributed by atoms with E-state index in [9.17, 15) is 9.90 Å². The monoisotopic (exact) mass is 506 g/mol. The van der Waals surface area contributed by atoms with Crippen LogP contribution in [0.2, 0.25) is 5.02 Å². The second-order valence-corrected chi connectivity index (χ2v) is 8.32. The van der Waals surface area contributed by atoms with Gasteiger partial charge in [0.1, 0.15) is 5.75 Å². The molecule has 2 aromatic carbocycles. The van der Waals surface area contributed by atoms with Crippen LogP contribution in [-0.2, 0) is 16.2 Å². The van der Waals surface area contributed by atoms with E-state index in [1.165, 1.54) is 0 Å². The van der Waals surface area contributed by atoms with Crippen molar-refractivity contribution in [2.24, 2.45) is 10.2 Å². The van der Waals surface area contributed by atoms with E-state index in [1.54, 1.807) is 28.8 Å². The number of hydrogen-bond acceptors (Lipinski definition) is 6. The van der Waals surface area contributed by atoms with Crippen LogP contribution in [0.25, 0.3) is 10.9 Å². The number of aromatic nitrogens is 1. The zero-order chi connectivity index (χ0) is 21.8. The maximum atomic E-state index is 12.2. The van der Waals surface area contributed by atoms with Gasteiger partial charge in [0.15, 0.2) is 12.3 Å². The SMILES string of the molecule is O=C(COc1ccc(Cl)cc1)N=Nc1c(O)n(CN2CCOCC2)c2ccc(Br)cc12. The number of halogens is 2. The van der Waals surface area contributed by atoms with Crippen molar-refractivity contribution < 1.29 is 19.4 Å². The Kier molecular flexibility index (Phi) is 6.86. The normalized spacial score (nSPS) is 15.0. The number of ether oxygens (including phenoxy) is 2. The van der Waals surface area contributed by atoms with Crippen molar-refractivity contribution in [2.75, 3.05) is 32.9 Å². The van der Waals surface area contributed by atoms with Crippen LogP contribution in [0.15, 0.2) is 57.2 Å². The summed E-state index contributed by atoms with van der Waals surface area (Å²) in [7, 11) is 0. The number of morpholine rings is 1. The second-order valence-electron chi connectivity index (χ2n) is 6.97. The van der Waals surface area contributed by atoms with Gasteiger partial charge in [0.05, 0.1) is 25.4 Å². The molecule has 0 atom stereocenters. The first-order valence-electron chi connectivity index (χ1n) is 9.65. The van der Waals surface area contributed by atoms with E-state index in [-0.39, 0.29) is 18.2 Å². The van der Waals surface area contributed by atoms with Crippen molar-refractivity contribution in [3.8, 4) is 11.6 Å². The maximum Gasteiger partial charge on any atom is 0.302 e. The quantitative estimate of drug-likeness (QED) is 0.487. The Hall–Kier alpha value is -2.46. The van der Waals surface area contributed by atoms with Crippen molar-refractivity contribution in [3.63, 3.8) is 0 Å². The molecule has 0 aliphatic carbocycles. The van der Waals surface area contributed by atoms with Gasteiger partial charge in [0.2, 0.25) is 5.88 Å². The minimum atomic E-state index is -0.571. The van der Waals surface area contributed by atoms with E-state index < -0.39 is 5.91 Å². The topological polar surface area (TPSA) is 88.7 Å². The fraction of sp³-hybridized carbons (Fsp3) is 0.286. The predicted molar refractivity (Wildman–Crippen MR) is 120 cm³/mol. The van der Waals surface area contributed by atoms with Gasteiger partial charge < -0.3 is 14.6 Å². The minimum absolute atomic E-state index is 0.0465. The number of benzene rings is 2. The maximum absolute atomic E-state index is 12.2. The van der Waals surface area contributed by atoms with Gasteiger partial charge in [-0.1, -0.05) is 27.5 Å². The van der Waals surface area contributed by atoms with Crippen LogP contribution in [0.1, 0.15) is 0 Å². The first kappa shape index (κ1) is 21.8. The highest BCUT2D eigenvalue weighted by Crippen LogP contribution is 2.40. The molecule has 4 rings (SSSR count). The largest absolute Gasteiger partial charge is 0.493 e. The Balaban J connectivity index is 1.54. The lowest BCUT2D eigenvalue weighted by molar-refractivity contribution is -0.120. The molecule has 0 unspecified atom stereocenters. The number of hydrogen-bond donors (Lipinski definition) is 1. The molecule has 31 heavy (non-hydrogen) atoms. The molecule has 0 bridgehead atoms. The zero-order valence-corrected chi connectivity index (χ0v) is 18.8. The smallest absolute Gasteiger partial charge is 0.302 e. The molecule has 2 heterocycles. The zero-order valence-electron chi connectivity index (χ0n) is 16.5. The summed E-state index contributed by atoms with van der Waals surface area (Å²) in [5, 5.41) is 19.9. The number of fused-ring (bicyclic) bond motifs is 1. The molecule has 1 aliphatic heterocycles. The summed E-state index contributed by atoms with van der Waals surface area (Å²) < 4.78 is 13.4. The molecule has 3 aromatic rings. The van der Waals surface area contributed by atoms with Crippen LogP contribution in [0, 0.1) is 0 Å². The third-order valence-electron chi connectivity index (χ3n) is 4.85. The van der Waals surface area contributed by atoms with Crippen molar-refractivity contribution in [1.29, 1.82) is 0 Å². The number of nitrogens with zero attached hydrogens (tertiary/aromatic N) is 4. The van der Waals surface area contributed by atoms with Gasteiger partial charge >= 0.3 is 5.91 Å². The first-order valence-corrected chi connectivity index (χ1v) is 10.8. The van der Waals surface area contributed by atoms with Crippen molar-refractivity contribution in [3.05, 3.63) is 52.0 Å². The van der Waals surface area contributed by atoms with Crippen LogP contribution in [0.3, 0.4) is 0 Å². The number of aromatic hydroxyl groups is 1. The molecule has 1 fully saturated rings. The van der Waals surface area contributed by atoms with E-state index in [4.69, 9.17) is 21.1 Å². The summed E-state index contributed by atoms with van der Waals surface area (Å²) >= 11 is 9.28. The fourth-order valence-corrected chi connectivity index (χ4v) is 3.78. The standard InChI is InChI=1S/C21H20BrClN4O4/c22-14-1-6-18-17(11-14)20(21(29)27(18)13-26-7-9-30-10-8-26)25-24-19(28)12-31-16-4-2-15(23)3-5-16/h1-6,11,29H,7-10,12-13H2. The van der Waals surface area contributed by atoms with Gasteiger partial charge in [-0.3, -0.25) is 14.3 Å². The summed E-state index contributed by atoms with van der Waals surface area (Å²) in [5.74, 6) is -0.116. The van der Waals surface area contributed by atoms with Gasteiger partial charge in [-0.15, -0.1) is 10.2 Å². The Morgan fingerprint density at radius 2 is 1.94 bits per heavy atom. The number of rotatable bonds is 6. The van der Waals surface area contributed by atoms with Crippen molar-refractivity contribution in [1.82, 2.24) is 9.47 Å². The summed E-state index contributed by atoms with van der Waals surface area (Å²) in [6.45, 7) is 3.05. The van der Waals surface area contributed by atoms with E-state index in [1.807, 2.05) is 18.2 Å². The predicted octanol–water partition coefficient (Wildman–Crippen LogP) is 4.74. The molecule has 1 aliphatic rings. The Bertz CT molecular complexity index is 1110. The van der Waals surface area contributed by atoms with E-state index >= 15 is 0 Å². The third-order valence-corrected chi connectivity index (χ3v) is 5.60. The lowest BCUT2D eigenvalue weighted by atomic mass is 10.2. The molecule has 1 amide bonds. The molecule has 1 aromatic heterocycles. The summed E-state index contributed by atoms with van der Waals surface area (Å²) in [5.41, 5.74) is 1.04. The summed E-state index contributed by atoms with van der Waals surface area (Å²) in [4.78, 5) is 14.3. The Morgan fingerprint density at radius 1 is 1.19 bits per heavy atom. The van der Waals surface area contributed by atoms with Crippen LogP contribution >= 0.6 is 27.5 Å². The van der Waals surface area contributed by atoms with Gasteiger partial charge in [-0.2, -0.15) is 0 Å². The van der Waals surface area contributed by atoms with Crippen LogP contribution in [-0.4, -0.2) is 53.4 Å². The summed E-state index contributed by atoms with van der Waals surface area (Å²) in [6.07, 6.45) is 0. The van der Waals surface area contributed by atoms with Crippen molar-refractivity contribution >= 4 is 50.0 Å². The van der Waals surface area contributed by atoms with Gasteiger partial charge in [-0.25, -0.2) is 0 Å². The van der Waals surface area contributed by atoms with E-state index in [0.717, 1.165) is 23.1 Å². The minimum Gasteiger partial charge on any atom is -0.493 e. The Morgan fingerprint density at radius 3 is 2.68 bits per heavy atom. The molecular weight excluding hydrogens is 488 g/mol. The molecular formula is C21H20BrClN4O4. The van der Waals surface area contributed by atoms with Gasteiger partial charge in [-0.05, 0) is 42.5 Å². The molecule has 0 spiro atoms. The average Bonchev–Trinajstić information content (AvgIpc) is 3.02. The molecule has 1 saturated heterocycles. The molecule has 0 saturated carbocycles. The second kappa shape index (κ2) is 9.78. The third kappa shape index (κ3) is 5.24. The highest BCUT2D eigenvalue weighted by Gasteiger charge is 2.20. The van der Waals surface area contributed by atoms with Crippen LogP contribution < -0.4 is 4.74 Å². The number of carbonyl (C=O) groups excluding carboxylic acids is 1. The highest BCUT2D eigenvalue weighted by molar-refractivity contribution is 9.10. The van der Waals surface area contributed by atoms with Gasteiger partial charge in [0, 0.05) is 28.0 Å². The van der Waals surface area contributed by atoms with E-state index in [0.29, 0.717) is 36.0 Å². The van der Waals surface area contributed by atoms with Crippen molar-refractivity contribution in [2.45, 2.75) is 6.67 Å². The number of amides is 1. The van der Waals surface area contributed by atoms with E-state index in [2.05, 4.69) is 31.1 Å². The number of azo groups is 1. The first-order chi connectivity index (χ1) is 15.0. The molecule has 1 N–H and O–H groups in total. The highest BCUT2D eigenvalue weighted by atomic mass is 79.9. The lowest BCUT2D eigenvalue weighted by Crippen LogP contribution is -2.37. The Labute approximate surface area is 192 Å².